The van der Waals surface area contributed by atoms with Gasteiger partial charge in [-0.05, 0) is 63.0 Å². The van der Waals surface area contributed by atoms with Gasteiger partial charge < -0.3 is 14.5 Å². The lowest BCUT2D eigenvalue weighted by Gasteiger charge is -2.44. The Morgan fingerprint density at radius 1 is 1.03 bits per heavy atom. The number of amides is 1. The molecule has 2 aliphatic rings. The van der Waals surface area contributed by atoms with Crippen LogP contribution in [0.1, 0.15) is 44.4 Å². The Morgan fingerprint density at radius 2 is 1.66 bits per heavy atom. The molecule has 2 aliphatic heterocycles. The van der Waals surface area contributed by atoms with Crippen molar-refractivity contribution in [3.05, 3.63) is 54.0 Å². The van der Waals surface area contributed by atoms with Gasteiger partial charge in [-0.2, -0.15) is 13.2 Å². The zero-order valence-corrected chi connectivity index (χ0v) is 22.6. The highest BCUT2D eigenvalue weighted by Gasteiger charge is 2.37. The lowest BCUT2D eigenvalue weighted by molar-refractivity contribution is -0.141. The van der Waals surface area contributed by atoms with Gasteiger partial charge in [-0.3, -0.25) is 4.90 Å². The minimum Gasteiger partial charge on any atom is -0.449 e. The van der Waals surface area contributed by atoms with Gasteiger partial charge in [0.05, 0.1) is 31.1 Å². The average molecular weight is 529 g/mol. The molecule has 3 heterocycles. The molecular weight excluding hydrogens is 493 g/mol. The van der Waals surface area contributed by atoms with Crippen LogP contribution in [0, 0.1) is 5.92 Å². The molecule has 1 unspecified atom stereocenters. The maximum atomic E-state index is 12.9. The number of carbonyl (C=O) groups excluding carboxylic acids is 1. The van der Waals surface area contributed by atoms with E-state index in [0.29, 0.717) is 31.4 Å². The summed E-state index contributed by atoms with van der Waals surface area (Å²) in [5.41, 5.74) is 0.302. The second kappa shape index (κ2) is 11.6. The van der Waals surface area contributed by atoms with Gasteiger partial charge in [-0.15, -0.1) is 0 Å². The highest BCUT2D eigenvalue weighted by molar-refractivity contribution is 6.39. The summed E-state index contributed by atoms with van der Waals surface area (Å²) >= 11 is 0. The number of hydrogen-bond donors (Lipinski definition) is 0. The minimum atomic E-state index is -4.52. The van der Waals surface area contributed by atoms with Gasteiger partial charge in [0.2, 0.25) is 0 Å². The van der Waals surface area contributed by atoms with Crippen molar-refractivity contribution in [3.63, 3.8) is 0 Å². The van der Waals surface area contributed by atoms with Gasteiger partial charge in [-0.25, -0.2) is 14.8 Å². The number of nitrogens with zero attached hydrogens (tertiary/aromatic N) is 5. The van der Waals surface area contributed by atoms with E-state index in [0.717, 1.165) is 44.7 Å². The first-order chi connectivity index (χ1) is 18.0. The molecule has 0 radical (unpaired) electrons. The van der Waals surface area contributed by atoms with Crippen molar-refractivity contribution < 1.29 is 22.7 Å². The highest BCUT2D eigenvalue weighted by atomic mass is 19.4. The number of halogens is 3. The van der Waals surface area contributed by atoms with Crippen LogP contribution in [0.5, 0.6) is 0 Å². The number of ether oxygens (including phenoxy) is 1. The second-order valence-corrected chi connectivity index (χ2v) is 11.0. The Labute approximate surface area is 224 Å². The Bertz CT molecular complexity index is 1050. The van der Waals surface area contributed by atoms with E-state index in [-0.39, 0.29) is 23.5 Å². The van der Waals surface area contributed by atoms with Crippen molar-refractivity contribution in [2.45, 2.75) is 56.7 Å². The zero-order chi connectivity index (χ0) is 27.5. The van der Waals surface area contributed by atoms with E-state index >= 15 is 0 Å². The quantitative estimate of drug-likeness (QED) is 0.537. The van der Waals surface area contributed by atoms with Gasteiger partial charge >= 0.3 is 12.3 Å². The van der Waals surface area contributed by atoms with Crippen molar-refractivity contribution in [2.24, 2.45) is 5.92 Å². The van der Waals surface area contributed by atoms with Gasteiger partial charge in [0, 0.05) is 13.1 Å². The number of rotatable bonds is 6. The molecule has 12 heteroatoms. The predicted molar refractivity (Wildman–Crippen MR) is 145 cm³/mol. The van der Waals surface area contributed by atoms with E-state index in [1.165, 1.54) is 5.56 Å². The summed E-state index contributed by atoms with van der Waals surface area (Å²) in [5, 5.41) is -0.0148. The molecule has 2 saturated heterocycles. The van der Waals surface area contributed by atoms with Crippen LogP contribution in [0.25, 0.3) is 0 Å². The number of likely N-dealkylation sites (tertiary alicyclic amines) is 1. The summed E-state index contributed by atoms with van der Waals surface area (Å²) in [4.78, 5) is 26.5. The van der Waals surface area contributed by atoms with Crippen molar-refractivity contribution in [1.82, 2.24) is 19.8 Å². The Morgan fingerprint density at radius 3 is 2.21 bits per heavy atom. The smallest absolute Gasteiger partial charge is 0.434 e. The molecule has 7 nitrogen and oxygen atoms in total. The van der Waals surface area contributed by atoms with Crippen molar-refractivity contribution in [3.8, 4) is 0 Å². The molecule has 0 aliphatic carbocycles. The third-order valence-corrected chi connectivity index (χ3v) is 8.02. The lowest BCUT2D eigenvalue weighted by atomic mass is 9.56. The Kier molecular flexibility index (Phi) is 8.59. The van der Waals surface area contributed by atoms with Gasteiger partial charge in [0.25, 0.3) is 0 Å². The van der Waals surface area contributed by atoms with Crippen molar-refractivity contribution in [1.29, 1.82) is 0 Å². The van der Waals surface area contributed by atoms with Crippen LogP contribution in [-0.2, 0) is 16.3 Å². The second-order valence-electron chi connectivity index (χ2n) is 11.0. The molecule has 2 aromatic rings. The largest absolute Gasteiger partial charge is 0.449 e. The van der Waals surface area contributed by atoms with Crippen LogP contribution in [0.15, 0.2) is 42.7 Å². The molecule has 1 amide bonds. The van der Waals surface area contributed by atoms with E-state index in [2.05, 4.69) is 54.8 Å². The zero-order valence-electron chi connectivity index (χ0n) is 22.6. The third-order valence-electron chi connectivity index (χ3n) is 8.02. The summed E-state index contributed by atoms with van der Waals surface area (Å²) in [6, 6.07) is 10.2. The molecule has 4 rings (SSSR count). The normalized spacial score (nSPS) is 21.9. The summed E-state index contributed by atoms with van der Waals surface area (Å²) in [7, 11) is 4.55. The number of benzene rings is 1. The standard InChI is InChI=1S/C26H36B2F3N5O2/c1-18-16-34(23-15-32-22(14-33-23)26(29,30)31)17-19(2)36(18)24(37)38-13-10-20-8-11-35(12-9-20)25(27,28)21-6-4-3-5-7-21/h3-7,14-15,18-20H,8-13,16-17,27-28H2,1-2H3/t18-,19?/m1/s1. The molecule has 204 valence electrons. The summed E-state index contributed by atoms with van der Waals surface area (Å²) in [6.07, 6.45) is 0.0207. The molecule has 1 aromatic carbocycles. The first-order valence-corrected chi connectivity index (χ1v) is 13.4. The van der Waals surface area contributed by atoms with Gasteiger partial charge in [0.1, 0.15) is 21.5 Å². The number of alkyl halides is 3. The maximum Gasteiger partial charge on any atom is 0.434 e. The van der Waals surface area contributed by atoms with Crippen molar-refractivity contribution in [2.75, 3.05) is 37.7 Å². The molecule has 0 spiro atoms. The number of hydrogen-bond acceptors (Lipinski definition) is 6. The number of piperazine rings is 1. The average Bonchev–Trinajstić information content (AvgIpc) is 2.88. The lowest BCUT2D eigenvalue weighted by Crippen LogP contribution is -2.59. The van der Waals surface area contributed by atoms with Crippen LogP contribution in [0.4, 0.5) is 23.8 Å². The molecule has 38 heavy (non-hydrogen) atoms. The van der Waals surface area contributed by atoms with E-state index in [1.807, 2.05) is 24.8 Å². The monoisotopic (exact) mass is 529 g/mol. The fourth-order valence-corrected chi connectivity index (χ4v) is 5.70. The van der Waals surface area contributed by atoms with Gasteiger partial charge in [-0.1, -0.05) is 30.3 Å². The molecule has 1 aromatic heterocycles. The number of aromatic nitrogens is 2. The fraction of sp³-hybridized carbons (Fsp3) is 0.577. The molecule has 0 N–H and O–H groups in total. The highest BCUT2D eigenvalue weighted by Crippen LogP contribution is 2.30. The van der Waals surface area contributed by atoms with Gasteiger partial charge in [0.15, 0.2) is 5.69 Å². The van der Waals surface area contributed by atoms with Crippen molar-refractivity contribution >= 4 is 27.6 Å². The van der Waals surface area contributed by atoms with E-state index in [9.17, 15) is 18.0 Å². The van der Waals surface area contributed by atoms with Crippen LogP contribution in [0.3, 0.4) is 0 Å². The van der Waals surface area contributed by atoms with Crippen LogP contribution >= 0.6 is 0 Å². The van der Waals surface area contributed by atoms with E-state index in [4.69, 9.17) is 4.74 Å². The summed E-state index contributed by atoms with van der Waals surface area (Å²) in [5.74, 6) is 0.891. The SMILES string of the molecule is BC(B)(c1ccccc1)N1CCC(CCOC(=O)N2C(C)CN(c3cnc(C(F)(F)F)cn3)C[C@H]2C)CC1. The number of anilines is 1. The first kappa shape index (κ1) is 28.3. The van der Waals surface area contributed by atoms with Crippen LogP contribution in [-0.4, -0.2) is 86.4 Å². The Balaban J connectivity index is 1.22. The minimum absolute atomic E-state index is 0.0148. The predicted octanol–water partition coefficient (Wildman–Crippen LogP) is 2.71. The fourth-order valence-electron chi connectivity index (χ4n) is 5.70. The third kappa shape index (κ3) is 6.45. The summed E-state index contributed by atoms with van der Waals surface area (Å²) in [6.45, 7) is 7.12. The van der Waals surface area contributed by atoms with Crippen LogP contribution < -0.4 is 4.90 Å². The van der Waals surface area contributed by atoms with E-state index in [1.54, 1.807) is 4.90 Å². The molecular formula is C26H36B2F3N5O2. The topological polar surface area (TPSA) is 61.8 Å². The first-order valence-electron chi connectivity index (χ1n) is 13.4. The summed E-state index contributed by atoms with van der Waals surface area (Å²) < 4.78 is 44.1. The molecule has 0 saturated carbocycles. The maximum absolute atomic E-state index is 12.9. The number of piperidine rings is 1. The molecule has 0 bridgehead atoms. The van der Waals surface area contributed by atoms with Crippen LogP contribution in [0.2, 0.25) is 0 Å². The van der Waals surface area contributed by atoms with E-state index < -0.39 is 11.9 Å². The molecule has 2 atom stereocenters. The Hall–Kier alpha value is -2.75. The molecule has 2 fully saturated rings. The number of carbonyl (C=O) groups is 1.